The van der Waals surface area contributed by atoms with Crippen molar-refractivity contribution in [3.8, 4) is 5.75 Å². The van der Waals surface area contributed by atoms with Crippen molar-refractivity contribution in [3.63, 3.8) is 0 Å². The summed E-state index contributed by atoms with van der Waals surface area (Å²) in [5, 5.41) is 1.13. The molecular formula is C27H28N2O5. The number of hydrogen-bond donors (Lipinski definition) is 0. The Kier molecular flexibility index (Phi) is 8.65. The largest absolute Gasteiger partial charge is 0.489 e. The summed E-state index contributed by atoms with van der Waals surface area (Å²) in [6.07, 6.45) is 5.14. The van der Waals surface area contributed by atoms with Gasteiger partial charge in [-0.2, -0.15) is 0 Å². The molecule has 7 nitrogen and oxygen atoms in total. The number of fused-ring (bicyclic) bond motifs is 1. The van der Waals surface area contributed by atoms with Crippen LogP contribution in [0.25, 0.3) is 10.9 Å². The minimum Gasteiger partial charge on any atom is -0.489 e. The first-order chi connectivity index (χ1) is 16.8. The average molecular weight is 461 g/mol. The molecule has 0 fully saturated rings. The Morgan fingerprint density at radius 2 is 1.68 bits per heavy atom. The van der Waals surface area contributed by atoms with Crippen LogP contribution in [-0.4, -0.2) is 48.6 Å². The van der Waals surface area contributed by atoms with Crippen LogP contribution in [-0.2, 0) is 27.4 Å². The lowest BCUT2D eigenvalue weighted by molar-refractivity contribution is 0.0137. The molecule has 0 radical (unpaired) electrons. The molecule has 4 aromatic rings. The van der Waals surface area contributed by atoms with Crippen molar-refractivity contribution in [2.24, 2.45) is 0 Å². The van der Waals surface area contributed by atoms with E-state index in [-0.39, 0.29) is 6.61 Å². The Morgan fingerprint density at radius 3 is 2.50 bits per heavy atom. The quantitative estimate of drug-likeness (QED) is 0.216. The van der Waals surface area contributed by atoms with E-state index in [1.165, 1.54) is 6.20 Å². The molecule has 2 aromatic carbocycles. The van der Waals surface area contributed by atoms with E-state index in [2.05, 4.69) is 46.1 Å². The Morgan fingerprint density at radius 1 is 0.853 bits per heavy atom. The third-order valence-corrected chi connectivity index (χ3v) is 5.20. The summed E-state index contributed by atoms with van der Waals surface area (Å²) in [6.45, 7) is 3.32. The van der Waals surface area contributed by atoms with Crippen LogP contribution in [0.15, 0.2) is 85.3 Å². The van der Waals surface area contributed by atoms with Crippen LogP contribution in [0, 0.1) is 0 Å². The van der Waals surface area contributed by atoms with Gasteiger partial charge in [0, 0.05) is 36.0 Å². The van der Waals surface area contributed by atoms with Crippen LogP contribution in [0.5, 0.6) is 5.75 Å². The van der Waals surface area contributed by atoms with Gasteiger partial charge in [-0.25, -0.2) is 4.79 Å². The van der Waals surface area contributed by atoms with E-state index in [9.17, 15) is 4.79 Å². The summed E-state index contributed by atoms with van der Waals surface area (Å²) in [7, 11) is 0. The molecule has 176 valence electrons. The van der Waals surface area contributed by atoms with Gasteiger partial charge in [0.1, 0.15) is 19.0 Å². The Labute approximate surface area is 198 Å². The second kappa shape index (κ2) is 12.5. The molecular weight excluding hydrogens is 432 g/mol. The van der Waals surface area contributed by atoms with Crippen LogP contribution in [0.4, 0.5) is 0 Å². The van der Waals surface area contributed by atoms with Crippen molar-refractivity contribution in [2.75, 3.05) is 33.0 Å². The first kappa shape index (κ1) is 23.5. The van der Waals surface area contributed by atoms with Gasteiger partial charge in [-0.3, -0.25) is 4.98 Å². The van der Waals surface area contributed by atoms with Crippen LogP contribution < -0.4 is 4.74 Å². The standard InChI is InChI=1S/C27H28N2O5/c30-27(24-7-4-11-28-20-24)33-18-17-32-16-15-31-14-13-29-12-10-23-19-25(8-9-26(23)29)34-21-22-5-2-1-3-6-22/h1-12,19-20H,13-18,21H2. The van der Waals surface area contributed by atoms with E-state index in [0.29, 0.717) is 38.6 Å². The van der Waals surface area contributed by atoms with Gasteiger partial charge in [-0.15, -0.1) is 0 Å². The maximum atomic E-state index is 11.8. The SMILES string of the molecule is O=C(OCCOCCOCCn1ccc2cc(OCc3ccccc3)ccc21)c1cccnc1. The fraction of sp³-hybridized carbons (Fsp3) is 0.259. The summed E-state index contributed by atoms with van der Waals surface area (Å²) >= 11 is 0. The number of ether oxygens (including phenoxy) is 4. The van der Waals surface area contributed by atoms with Crippen molar-refractivity contribution >= 4 is 16.9 Å². The lowest BCUT2D eigenvalue weighted by Crippen LogP contribution is -2.14. The zero-order chi connectivity index (χ0) is 23.4. The third kappa shape index (κ3) is 6.91. The van der Waals surface area contributed by atoms with Gasteiger partial charge in [0.25, 0.3) is 0 Å². The highest BCUT2D eigenvalue weighted by Gasteiger charge is 2.06. The Balaban J connectivity index is 1.10. The molecule has 0 aliphatic heterocycles. The molecule has 0 atom stereocenters. The average Bonchev–Trinajstić information content (AvgIpc) is 3.29. The van der Waals surface area contributed by atoms with Gasteiger partial charge in [0.15, 0.2) is 0 Å². The summed E-state index contributed by atoms with van der Waals surface area (Å²) in [4.78, 5) is 15.7. The molecule has 0 saturated carbocycles. The van der Waals surface area contributed by atoms with Crippen LogP contribution >= 0.6 is 0 Å². The molecule has 0 amide bonds. The normalized spacial score (nSPS) is 10.9. The van der Waals surface area contributed by atoms with Crippen LogP contribution in [0.2, 0.25) is 0 Å². The monoisotopic (exact) mass is 460 g/mol. The van der Waals surface area contributed by atoms with Gasteiger partial charge in [-0.05, 0) is 42.0 Å². The predicted molar refractivity (Wildman–Crippen MR) is 129 cm³/mol. The Hall–Kier alpha value is -3.68. The minimum atomic E-state index is -0.401. The first-order valence-electron chi connectivity index (χ1n) is 11.3. The molecule has 0 bridgehead atoms. The van der Waals surface area contributed by atoms with Gasteiger partial charge >= 0.3 is 5.97 Å². The molecule has 34 heavy (non-hydrogen) atoms. The molecule has 0 aliphatic carbocycles. The smallest absolute Gasteiger partial charge is 0.339 e. The maximum Gasteiger partial charge on any atom is 0.339 e. The number of carbonyl (C=O) groups is 1. The minimum absolute atomic E-state index is 0.195. The van der Waals surface area contributed by atoms with E-state index in [1.807, 2.05) is 24.3 Å². The van der Waals surface area contributed by atoms with E-state index in [4.69, 9.17) is 18.9 Å². The van der Waals surface area contributed by atoms with Gasteiger partial charge < -0.3 is 23.5 Å². The number of carbonyl (C=O) groups excluding carboxylic acids is 1. The third-order valence-electron chi connectivity index (χ3n) is 5.20. The zero-order valence-corrected chi connectivity index (χ0v) is 19.0. The van der Waals surface area contributed by atoms with Gasteiger partial charge in [0.05, 0.1) is 32.0 Å². The van der Waals surface area contributed by atoms with Crippen molar-refractivity contribution in [3.05, 3.63) is 96.4 Å². The second-order valence-electron chi connectivity index (χ2n) is 7.61. The lowest BCUT2D eigenvalue weighted by atomic mass is 10.2. The number of pyridine rings is 1. The van der Waals surface area contributed by atoms with E-state index >= 15 is 0 Å². The van der Waals surface area contributed by atoms with Crippen LogP contribution in [0.1, 0.15) is 15.9 Å². The van der Waals surface area contributed by atoms with Crippen molar-refractivity contribution in [1.82, 2.24) is 9.55 Å². The summed E-state index contributed by atoms with van der Waals surface area (Å²) in [6, 6.07) is 21.7. The molecule has 7 heteroatoms. The topological polar surface area (TPSA) is 71.8 Å². The molecule has 2 aromatic heterocycles. The molecule has 2 heterocycles. The maximum absolute atomic E-state index is 11.8. The van der Waals surface area contributed by atoms with Crippen molar-refractivity contribution < 1.29 is 23.7 Å². The van der Waals surface area contributed by atoms with Gasteiger partial charge in [-0.1, -0.05) is 30.3 Å². The highest BCUT2D eigenvalue weighted by atomic mass is 16.6. The number of aromatic nitrogens is 2. The van der Waals surface area contributed by atoms with Crippen LogP contribution in [0.3, 0.4) is 0 Å². The fourth-order valence-electron chi connectivity index (χ4n) is 3.45. The first-order valence-corrected chi connectivity index (χ1v) is 11.3. The van der Waals surface area contributed by atoms with E-state index < -0.39 is 5.97 Å². The summed E-state index contributed by atoms with van der Waals surface area (Å²) in [5.41, 5.74) is 2.72. The Bertz CT molecular complexity index is 1160. The number of hydrogen-bond acceptors (Lipinski definition) is 6. The van der Waals surface area contributed by atoms with Gasteiger partial charge in [0.2, 0.25) is 0 Å². The number of nitrogens with zero attached hydrogens (tertiary/aromatic N) is 2. The predicted octanol–water partition coefficient (Wildman–Crippen LogP) is 4.51. The highest BCUT2D eigenvalue weighted by molar-refractivity contribution is 5.88. The zero-order valence-electron chi connectivity index (χ0n) is 19.0. The van der Waals surface area contributed by atoms with E-state index in [0.717, 1.165) is 28.8 Å². The number of benzene rings is 2. The summed E-state index contributed by atoms with van der Waals surface area (Å²) in [5.74, 6) is 0.454. The van der Waals surface area contributed by atoms with Crippen molar-refractivity contribution in [1.29, 1.82) is 0 Å². The molecule has 0 aliphatic rings. The second-order valence-corrected chi connectivity index (χ2v) is 7.61. The van der Waals surface area contributed by atoms with E-state index in [1.54, 1.807) is 18.3 Å². The molecule has 0 saturated heterocycles. The fourth-order valence-corrected chi connectivity index (χ4v) is 3.45. The number of rotatable bonds is 13. The summed E-state index contributed by atoms with van der Waals surface area (Å²) < 4.78 is 24.4. The lowest BCUT2D eigenvalue weighted by Gasteiger charge is -2.09. The molecule has 0 unspecified atom stereocenters. The molecule has 0 spiro atoms. The molecule has 0 N–H and O–H groups in total. The highest BCUT2D eigenvalue weighted by Crippen LogP contribution is 2.23. The molecule has 4 rings (SSSR count). The number of esters is 1. The van der Waals surface area contributed by atoms with Crippen molar-refractivity contribution in [2.45, 2.75) is 13.2 Å².